The van der Waals surface area contributed by atoms with Crippen molar-refractivity contribution in [1.82, 2.24) is 0 Å². The third kappa shape index (κ3) is 3.31. The summed E-state index contributed by atoms with van der Waals surface area (Å²) in [6, 6.07) is 7.27. The number of para-hydroxylation sites is 1. The van der Waals surface area contributed by atoms with Crippen LogP contribution >= 0.6 is 0 Å². The Labute approximate surface area is 107 Å². The minimum atomic E-state index is -0.384. The van der Waals surface area contributed by atoms with E-state index in [9.17, 15) is 4.79 Å². The average molecular weight is 244 g/mol. The molecular weight excluding hydrogens is 228 g/mol. The number of carbonyl (C=O) groups is 1. The van der Waals surface area contributed by atoms with E-state index in [2.05, 4.69) is 13.2 Å². The Morgan fingerprint density at radius 3 is 2.89 bits per heavy atom. The van der Waals surface area contributed by atoms with Crippen molar-refractivity contribution in [2.75, 3.05) is 6.61 Å². The summed E-state index contributed by atoms with van der Waals surface area (Å²) in [5.74, 6) is 0.131. The Balaban J connectivity index is 1.92. The molecule has 0 amide bonds. The van der Waals surface area contributed by atoms with Crippen LogP contribution in [0.15, 0.2) is 43.0 Å². The average Bonchev–Trinajstić information content (AvgIpc) is 3.20. The van der Waals surface area contributed by atoms with Gasteiger partial charge in [-0.1, -0.05) is 37.4 Å². The second-order valence-corrected chi connectivity index (χ2v) is 4.23. The zero-order valence-electron chi connectivity index (χ0n) is 10.2. The Bertz CT molecular complexity index is 472. The molecule has 1 saturated heterocycles. The second kappa shape index (κ2) is 5.65. The first-order valence-corrected chi connectivity index (χ1v) is 5.93. The molecule has 0 bridgehead atoms. The van der Waals surface area contributed by atoms with Gasteiger partial charge in [-0.15, -0.1) is 0 Å². The molecule has 18 heavy (non-hydrogen) atoms. The highest BCUT2D eigenvalue weighted by molar-refractivity contribution is 5.89. The summed E-state index contributed by atoms with van der Waals surface area (Å²) in [7, 11) is 0. The molecule has 1 atom stereocenters. The lowest BCUT2D eigenvalue weighted by molar-refractivity contribution is -0.130. The van der Waals surface area contributed by atoms with Crippen molar-refractivity contribution in [2.45, 2.75) is 18.9 Å². The van der Waals surface area contributed by atoms with E-state index >= 15 is 0 Å². The van der Waals surface area contributed by atoms with E-state index in [0.717, 1.165) is 18.6 Å². The first kappa shape index (κ1) is 12.6. The van der Waals surface area contributed by atoms with Gasteiger partial charge in [-0.25, -0.2) is 4.79 Å². The summed E-state index contributed by atoms with van der Waals surface area (Å²) >= 11 is 0. The summed E-state index contributed by atoms with van der Waals surface area (Å²) in [6.07, 6.45) is 3.40. The molecule has 1 heterocycles. The van der Waals surface area contributed by atoms with Gasteiger partial charge in [0.2, 0.25) is 0 Å². The lowest BCUT2D eigenvalue weighted by Crippen LogP contribution is -2.11. The van der Waals surface area contributed by atoms with E-state index in [1.165, 1.54) is 0 Å². The molecule has 0 spiro atoms. The zero-order chi connectivity index (χ0) is 13.0. The van der Waals surface area contributed by atoms with Crippen molar-refractivity contribution in [3.05, 3.63) is 48.6 Å². The Morgan fingerprint density at radius 2 is 2.22 bits per heavy atom. The van der Waals surface area contributed by atoms with Gasteiger partial charge < -0.3 is 9.47 Å². The highest BCUT2D eigenvalue weighted by Crippen LogP contribution is 2.22. The molecule has 3 heteroatoms. The number of hydrogen-bond donors (Lipinski definition) is 0. The van der Waals surface area contributed by atoms with Crippen LogP contribution < -0.4 is 4.74 Å². The van der Waals surface area contributed by atoms with E-state index < -0.39 is 0 Å². The molecule has 94 valence electrons. The minimum absolute atomic E-state index is 0.301. The van der Waals surface area contributed by atoms with Crippen LogP contribution in [0.25, 0.3) is 6.08 Å². The first-order valence-electron chi connectivity index (χ1n) is 5.93. The van der Waals surface area contributed by atoms with Gasteiger partial charge in [0.25, 0.3) is 0 Å². The minimum Gasteiger partial charge on any atom is -0.423 e. The molecule has 1 aromatic rings. The molecule has 1 aliphatic rings. The standard InChI is InChI=1S/C15H16O3/c1-3-12-6-4-5-7-14(12)18-15(16)11(2)8-9-13-10-17-13/h3-7,13H,1-2,8-10H2. The van der Waals surface area contributed by atoms with Crippen LogP contribution in [-0.4, -0.2) is 18.7 Å². The molecule has 0 aliphatic carbocycles. The number of hydrogen-bond acceptors (Lipinski definition) is 3. The van der Waals surface area contributed by atoms with Gasteiger partial charge >= 0.3 is 5.97 Å². The third-order valence-corrected chi connectivity index (χ3v) is 2.80. The molecule has 1 aromatic carbocycles. The van der Waals surface area contributed by atoms with Crippen LogP contribution in [0.2, 0.25) is 0 Å². The molecule has 2 rings (SSSR count). The van der Waals surface area contributed by atoms with Crippen LogP contribution in [0.3, 0.4) is 0 Å². The summed E-state index contributed by atoms with van der Waals surface area (Å²) in [6.45, 7) is 8.22. The van der Waals surface area contributed by atoms with Crippen molar-refractivity contribution < 1.29 is 14.3 Å². The Kier molecular flexibility index (Phi) is 3.95. The number of benzene rings is 1. The second-order valence-electron chi connectivity index (χ2n) is 4.23. The van der Waals surface area contributed by atoms with E-state index in [4.69, 9.17) is 9.47 Å². The molecule has 0 N–H and O–H groups in total. The molecule has 0 saturated carbocycles. The highest BCUT2D eigenvalue weighted by Gasteiger charge is 2.23. The number of rotatable bonds is 6. The summed E-state index contributed by atoms with van der Waals surface area (Å²) in [4.78, 5) is 11.8. The van der Waals surface area contributed by atoms with Crippen LogP contribution in [0.4, 0.5) is 0 Å². The van der Waals surface area contributed by atoms with Crippen molar-refractivity contribution >= 4 is 12.0 Å². The maximum absolute atomic E-state index is 11.8. The Hall–Kier alpha value is -1.87. The largest absolute Gasteiger partial charge is 0.423 e. The normalized spacial score (nSPS) is 17.0. The van der Waals surface area contributed by atoms with Crippen molar-refractivity contribution in [3.8, 4) is 5.75 Å². The van der Waals surface area contributed by atoms with Crippen LogP contribution in [0, 0.1) is 0 Å². The number of ether oxygens (including phenoxy) is 2. The van der Waals surface area contributed by atoms with Gasteiger partial charge in [-0.2, -0.15) is 0 Å². The SMILES string of the molecule is C=Cc1ccccc1OC(=O)C(=C)CCC1CO1. The van der Waals surface area contributed by atoms with Crippen LogP contribution in [0.5, 0.6) is 5.75 Å². The van der Waals surface area contributed by atoms with E-state index in [0.29, 0.717) is 23.8 Å². The number of epoxide rings is 1. The summed E-state index contributed by atoms with van der Waals surface area (Å²) < 4.78 is 10.4. The lowest BCUT2D eigenvalue weighted by atomic mass is 10.1. The monoisotopic (exact) mass is 244 g/mol. The van der Waals surface area contributed by atoms with Crippen LogP contribution in [0.1, 0.15) is 18.4 Å². The highest BCUT2D eigenvalue weighted by atomic mass is 16.6. The number of carbonyl (C=O) groups excluding carboxylic acids is 1. The van der Waals surface area contributed by atoms with Crippen molar-refractivity contribution in [3.63, 3.8) is 0 Å². The van der Waals surface area contributed by atoms with E-state index in [-0.39, 0.29) is 5.97 Å². The molecule has 0 radical (unpaired) electrons. The van der Waals surface area contributed by atoms with Gasteiger partial charge in [-0.3, -0.25) is 0 Å². The molecule has 1 aliphatic heterocycles. The van der Waals surface area contributed by atoms with E-state index in [1.807, 2.05) is 18.2 Å². The van der Waals surface area contributed by atoms with Crippen molar-refractivity contribution in [1.29, 1.82) is 0 Å². The predicted molar refractivity (Wildman–Crippen MR) is 70.3 cm³/mol. The predicted octanol–water partition coefficient (Wildman–Crippen LogP) is 2.97. The fourth-order valence-electron chi connectivity index (χ4n) is 1.59. The van der Waals surface area contributed by atoms with E-state index in [1.54, 1.807) is 12.1 Å². The van der Waals surface area contributed by atoms with Gasteiger partial charge in [0.05, 0.1) is 12.7 Å². The topological polar surface area (TPSA) is 38.8 Å². The number of esters is 1. The smallest absolute Gasteiger partial charge is 0.338 e. The maximum Gasteiger partial charge on any atom is 0.338 e. The molecule has 1 fully saturated rings. The first-order chi connectivity index (χ1) is 8.70. The molecule has 0 aromatic heterocycles. The fraction of sp³-hybridized carbons (Fsp3) is 0.267. The van der Waals surface area contributed by atoms with Crippen molar-refractivity contribution in [2.24, 2.45) is 0 Å². The molecular formula is C15H16O3. The van der Waals surface area contributed by atoms with Gasteiger partial charge in [0, 0.05) is 11.1 Å². The third-order valence-electron chi connectivity index (χ3n) is 2.80. The zero-order valence-corrected chi connectivity index (χ0v) is 10.2. The fourth-order valence-corrected chi connectivity index (χ4v) is 1.59. The molecule has 3 nitrogen and oxygen atoms in total. The quantitative estimate of drug-likeness (QED) is 0.334. The van der Waals surface area contributed by atoms with Gasteiger partial charge in [0.15, 0.2) is 0 Å². The Morgan fingerprint density at radius 1 is 1.50 bits per heavy atom. The molecule has 1 unspecified atom stereocenters. The van der Waals surface area contributed by atoms with Gasteiger partial charge in [0.1, 0.15) is 5.75 Å². The summed E-state index contributed by atoms with van der Waals surface area (Å²) in [5, 5.41) is 0. The van der Waals surface area contributed by atoms with Gasteiger partial charge in [-0.05, 0) is 18.9 Å². The van der Waals surface area contributed by atoms with Crippen LogP contribution in [-0.2, 0) is 9.53 Å². The maximum atomic E-state index is 11.8. The lowest BCUT2D eigenvalue weighted by Gasteiger charge is -2.08. The summed E-state index contributed by atoms with van der Waals surface area (Å²) in [5.41, 5.74) is 1.27.